The molecular weight excluding hydrogens is 304 g/mol. The van der Waals surface area contributed by atoms with Gasteiger partial charge in [0.25, 0.3) is 0 Å². The normalized spacial score (nSPS) is 19.8. The molecule has 3 rings (SSSR count). The first-order valence-electron chi connectivity index (χ1n) is 8.90. The number of benzene rings is 1. The number of aryl methyl sites for hydroxylation is 1. The molecule has 2 amide bonds. The molecule has 1 fully saturated rings. The Kier molecular flexibility index (Phi) is 4.90. The molecule has 1 saturated heterocycles. The zero-order valence-corrected chi connectivity index (χ0v) is 14.3. The zero-order chi connectivity index (χ0) is 17.2. The third-order valence-corrected chi connectivity index (χ3v) is 5.71. The quantitative estimate of drug-likeness (QED) is 0.894. The van der Waals surface area contributed by atoms with E-state index in [0.29, 0.717) is 25.2 Å². The smallest absolute Gasteiger partial charge is 0.321 e. The third kappa shape index (κ3) is 3.31. The van der Waals surface area contributed by atoms with Crippen LogP contribution in [0.15, 0.2) is 18.2 Å². The van der Waals surface area contributed by atoms with Gasteiger partial charge in [0, 0.05) is 37.4 Å². The zero-order valence-electron chi connectivity index (χ0n) is 14.3. The van der Waals surface area contributed by atoms with Crippen LogP contribution in [0.3, 0.4) is 0 Å². The summed E-state index contributed by atoms with van der Waals surface area (Å²) in [6, 6.07) is 5.51. The number of aliphatic hydroxyl groups is 1. The fourth-order valence-corrected chi connectivity index (χ4v) is 3.72. The van der Waals surface area contributed by atoms with Gasteiger partial charge >= 0.3 is 6.03 Å². The van der Waals surface area contributed by atoms with E-state index in [1.807, 2.05) is 18.2 Å². The van der Waals surface area contributed by atoms with Crippen LogP contribution in [0, 0.1) is 5.41 Å². The van der Waals surface area contributed by atoms with Crippen molar-refractivity contribution in [3.05, 3.63) is 29.3 Å². The highest BCUT2D eigenvalue weighted by Crippen LogP contribution is 2.34. The lowest BCUT2D eigenvalue weighted by Gasteiger charge is -2.40. The fourth-order valence-electron chi connectivity index (χ4n) is 3.72. The maximum atomic E-state index is 12.5. The first-order valence-corrected chi connectivity index (χ1v) is 8.90. The second-order valence-electron chi connectivity index (χ2n) is 7.08. The van der Waals surface area contributed by atoms with Crippen molar-refractivity contribution in [2.75, 3.05) is 25.0 Å². The number of urea groups is 1. The van der Waals surface area contributed by atoms with Crippen molar-refractivity contribution < 1.29 is 14.7 Å². The van der Waals surface area contributed by atoms with E-state index in [4.69, 9.17) is 0 Å². The summed E-state index contributed by atoms with van der Waals surface area (Å²) in [6.07, 6.45) is 5.03. The number of nitrogens with zero attached hydrogens (tertiary/aromatic N) is 1. The highest BCUT2D eigenvalue weighted by Gasteiger charge is 2.34. The van der Waals surface area contributed by atoms with Crippen molar-refractivity contribution in [1.29, 1.82) is 0 Å². The van der Waals surface area contributed by atoms with E-state index in [2.05, 4.69) is 12.2 Å². The summed E-state index contributed by atoms with van der Waals surface area (Å²) in [6.45, 7) is 3.59. The molecule has 130 valence electrons. The number of fused-ring (bicyclic) bond motifs is 1. The number of Topliss-reactive ketones (excluding diaryl/α,β-unsaturated/α-hetero) is 1. The van der Waals surface area contributed by atoms with Crippen molar-refractivity contribution in [3.63, 3.8) is 0 Å². The number of hydrogen-bond donors (Lipinski definition) is 2. The molecule has 0 spiro atoms. The van der Waals surface area contributed by atoms with Gasteiger partial charge < -0.3 is 15.3 Å². The lowest BCUT2D eigenvalue weighted by atomic mass is 9.77. The molecular formula is C19H26N2O3. The first-order chi connectivity index (χ1) is 11.6. The summed E-state index contributed by atoms with van der Waals surface area (Å²) in [5.74, 6) is 0.168. The Bertz CT molecular complexity index is 627. The van der Waals surface area contributed by atoms with Crippen LogP contribution in [-0.4, -0.2) is 41.5 Å². The monoisotopic (exact) mass is 330 g/mol. The van der Waals surface area contributed by atoms with Gasteiger partial charge in [-0.25, -0.2) is 4.79 Å². The number of anilines is 1. The van der Waals surface area contributed by atoms with Gasteiger partial charge in [-0.2, -0.15) is 0 Å². The van der Waals surface area contributed by atoms with Crippen molar-refractivity contribution in [2.45, 2.75) is 45.4 Å². The van der Waals surface area contributed by atoms with Crippen LogP contribution in [0.2, 0.25) is 0 Å². The molecule has 1 aliphatic heterocycles. The van der Waals surface area contributed by atoms with E-state index in [1.54, 1.807) is 4.90 Å². The van der Waals surface area contributed by atoms with Crippen LogP contribution in [0.1, 0.15) is 54.9 Å². The molecule has 24 heavy (non-hydrogen) atoms. The number of nitrogens with one attached hydrogen (secondary N) is 1. The van der Waals surface area contributed by atoms with Gasteiger partial charge in [-0.05, 0) is 55.2 Å². The molecule has 0 bridgehead atoms. The SMILES string of the molecule is CCC1(CO)CCN(C(=O)Nc2ccc3c(c2)C(=O)CCC3)CC1. The van der Waals surface area contributed by atoms with Gasteiger partial charge in [-0.3, -0.25) is 4.79 Å². The Labute approximate surface area is 143 Å². The average Bonchev–Trinajstić information content (AvgIpc) is 2.62. The predicted molar refractivity (Wildman–Crippen MR) is 93.3 cm³/mol. The molecule has 2 aliphatic rings. The van der Waals surface area contributed by atoms with E-state index >= 15 is 0 Å². The average molecular weight is 330 g/mol. The van der Waals surface area contributed by atoms with E-state index < -0.39 is 0 Å². The summed E-state index contributed by atoms with van der Waals surface area (Å²) in [5.41, 5.74) is 2.49. The van der Waals surface area contributed by atoms with Gasteiger partial charge in [0.05, 0.1) is 0 Å². The van der Waals surface area contributed by atoms with Crippen LogP contribution >= 0.6 is 0 Å². The van der Waals surface area contributed by atoms with Crippen LogP contribution in [0.4, 0.5) is 10.5 Å². The van der Waals surface area contributed by atoms with Crippen molar-refractivity contribution >= 4 is 17.5 Å². The molecule has 0 aromatic heterocycles. The van der Waals surface area contributed by atoms with E-state index in [0.717, 1.165) is 43.2 Å². The molecule has 0 unspecified atom stereocenters. The highest BCUT2D eigenvalue weighted by atomic mass is 16.3. The number of rotatable bonds is 3. The fraction of sp³-hybridized carbons (Fsp3) is 0.579. The Balaban J connectivity index is 1.64. The van der Waals surface area contributed by atoms with Crippen LogP contribution in [0.25, 0.3) is 0 Å². The minimum atomic E-state index is -0.124. The molecule has 1 aliphatic carbocycles. The maximum Gasteiger partial charge on any atom is 0.321 e. The maximum absolute atomic E-state index is 12.5. The molecule has 0 saturated carbocycles. The largest absolute Gasteiger partial charge is 0.396 e. The van der Waals surface area contributed by atoms with Gasteiger partial charge in [0.15, 0.2) is 5.78 Å². The summed E-state index contributed by atoms with van der Waals surface area (Å²) >= 11 is 0. The number of aliphatic hydroxyl groups excluding tert-OH is 1. The summed E-state index contributed by atoms with van der Waals surface area (Å²) < 4.78 is 0. The molecule has 0 radical (unpaired) electrons. The Morgan fingerprint density at radius 2 is 2.04 bits per heavy atom. The molecule has 2 N–H and O–H groups in total. The summed E-state index contributed by atoms with van der Waals surface area (Å²) in [4.78, 5) is 26.3. The highest BCUT2D eigenvalue weighted by molar-refractivity contribution is 6.00. The number of hydrogen-bond acceptors (Lipinski definition) is 3. The molecule has 5 nitrogen and oxygen atoms in total. The Morgan fingerprint density at radius 1 is 1.29 bits per heavy atom. The number of amides is 2. The predicted octanol–water partition coefficient (Wildman–Crippen LogP) is 3.22. The first kappa shape index (κ1) is 17.0. The number of piperidine rings is 1. The van der Waals surface area contributed by atoms with Gasteiger partial charge in [-0.1, -0.05) is 13.0 Å². The van der Waals surface area contributed by atoms with Crippen molar-refractivity contribution in [1.82, 2.24) is 4.90 Å². The van der Waals surface area contributed by atoms with Crippen molar-refractivity contribution in [2.24, 2.45) is 5.41 Å². The van der Waals surface area contributed by atoms with Gasteiger partial charge in [-0.15, -0.1) is 0 Å². The van der Waals surface area contributed by atoms with E-state index in [1.165, 1.54) is 0 Å². The lowest BCUT2D eigenvalue weighted by Crippen LogP contribution is -2.46. The molecule has 1 aromatic carbocycles. The molecule has 0 atom stereocenters. The van der Waals surface area contributed by atoms with Crippen LogP contribution in [0.5, 0.6) is 0 Å². The lowest BCUT2D eigenvalue weighted by molar-refractivity contribution is 0.0542. The number of carbonyl (C=O) groups is 2. The van der Waals surface area contributed by atoms with Gasteiger partial charge in [0.2, 0.25) is 0 Å². The standard InChI is InChI=1S/C19H26N2O3/c1-2-19(13-22)8-10-21(11-9-19)18(24)20-15-7-6-14-4-3-5-17(23)16(14)12-15/h6-7,12,22H,2-5,8-11,13H2,1H3,(H,20,24). The minimum Gasteiger partial charge on any atom is -0.396 e. The minimum absolute atomic E-state index is 0.0327. The Morgan fingerprint density at radius 3 is 2.71 bits per heavy atom. The number of ketones is 1. The third-order valence-electron chi connectivity index (χ3n) is 5.71. The topological polar surface area (TPSA) is 69.6 Å². The van der Waals surface area contributed by atoms with Crippen LogP contribution in [-0.2, 0) is 6.42 Å². The van der Waals surface area contributed by atoms with E-state index in [9.17, 15) is 14.7 Å². The number of likely N-dealkylation sites (tertiary alicyclic amines) is 1. The second kappa shape index (κ2) is 6.93. The molecule has 1 heterocycles. The second-order valence-corrected chi connectivity index (χ2v) is 7.08. The molecule has 1 aromatic rings. The summed E-state index contributed by atoms with van der Waals surface area (Å²) in [7, 11) is 0. The van der Waals surface area contributed by atoms with Crippen molar-refractivity contribution in [3.8, 4) is 0 Å². The van der Waals surface area contributed by atoms with E-state index in [-0.39, 0.29) is 23.8 Å². The Hall–Kier alpha value is -1.88. The van der Waals surface area contributed by atoms with Gasteiger partial charge in [0.1, 0.15) is 0 Å². The van der Waals surface area contributed by atoms with Crippen LogP contribution < -0.4 is 5.32 Å². The number of carbonyl (C=O) groups excluding carboxylic acids is 2. The summed E-state index contributed by atoms with van der Waals surface area (Å²) in [5, 5.41) is 12.5. The molecule has 5 heteroatoms.